The number of hydrogen-bond acceptors (Lipinski definition) is 7. The van der Waals surface area contributed by atoms with Crippen LogP contribution in [0.4, 0.5) is 65.9 Å². The molecule has 0 amide bonds. The third-order valence-electron chi connectivity index (χ3n) is 9.51. The summed E-state index contributed by atoms with van der Waals surface area (Å²) in [7, 11) is 0. The second-order valence-corrected chi connectivity index (χ2v) is 14.4. The molecule has 0 heterocycles. The van der Waals surface area contributed by atoms with Gasteiger partial charge in [0, 0.05) is 0 Å². The van der Waals surface area contributed by atoms with Crippen molar-refractivity contribution in [2.75, 3.05) is 13.2 Å². The molecule has 0 aromatic heterocycles. The molecule has 0 aliphatic heterocycles. The van der Waals surface area contributed by atoms with E-state index in [0.29, 0.717) is 5.56 Å². The van der Waals surface area contributed by atoms with Crippen molar-refractivity contribution in [2.45, 2.75) is 119 Å². The second kappa shape index (κ2) is 21.2. The normalized spacial score (nSPS) is 13.6. The lowest BCUT2D eigenvalue weighted by atomic mass is 9.91. The molecule has 1 atom stereocenters. The number of carbonyl (C=O) groups is 3. The third-order valence-corrected chi connectivity index (χ3v) is 9.51. The summed E-state index contributed by atoms with van der Waals surface area (Å²) in [6.07, 6.45) is -3.00. The highest BCUT2D eigenvalue weighted by molar-refractivity contribution is 5.91. The fraction of sp³-hybridized carbons (Fsp3) is 0.500. The van der Waals surface area contributed by atoms with Gasteiger partial charge in [0.15, 0.2) is 0 Å². The second-order valence-electron chi connectivity index (χ2n) is 14.4. The molecule has 64 heavy (non-hydrogen) atoms. The molecule has 0 unspecified atom stereocenters. The smallest absolute Gasteiger partial charge is 0.460 e. The number of rotatable bonds is 24. The van der Waals surface area contributed by atoms with E-state index in [9.17, 15) is 80.2 Å². The van der Waals surface area contributed by atoms with E-state index in [0.717, 1.165) is 43.2 Å². The highest BCUT2D eigenvalue weighted by Crippen LogP contribution is 2.62. The van der Waals surface area contributed by atoms with Crippen LogP contribution in [0.15, 0.2) is 72.8 Å². The van der Waals surface area contributed by atoms with E-state index in [1.54, 1.807) is 48.5 Å². The molecule has 356 valence electrons. The lowest BCUT2D eigenvalue weighted by Crippen LogP contribution is -2.73. The molecule has 0 aliphatic rings. The maximum atomic E-state index is 13.9. The standard InChI is InChI=1S/C42H41F15O7/c1-3-4-5-8-11-26(2)63-33(58)29-14-12-27(13-15-29)28-16-22-32(23-17-28)64-34(59)30-18-20-31(21-19-30)61-24-9-6-7-10-25-62-35(60)36(43,44)37(45,46)38(47,48)39(49,50)40(51,52)41(53,54)42(55,56)57/h12-23,26H,3-11,24-25H2,1-2H3/t26-/m0/s1. The van der Waals surface area contributed by atoms with Crippen molar-refractivity contribution < 1.29 is 99.2 Å². The number of carbonyl (C=O) groups excluding carboxylic acids is 3. The lowest BCUT2D eigenvalue weighted by molar-refractivity contribution is -0.450. The van der Waals surface area contributed by atoms with Gasteiger partial charge in [-0.05, 0) is 105 Å². The largest absolute Gasteiger partial charge is 0.494 e. The van der Waals surface area contributed by atoms with Crippen LogP contribution in [0.3, 0.4) is 0 Å². The van der Waals surface area contributed by atoms with Crippen LogP contribution in [0.1, 0.15) is 92.4 Å². The molecule has 0 spiro atoms. The molecule has 3 rings (SSSR count). The summed E-state index contributed by atoms with van der Waals surface area (Å²) >= 11 is 0. The number of ether oxygens (including phenoxy) is 4. The van der Waals surface area contributed by atoms with Gasteiger partial charge in [-0.1, -0.05) is 50.5 Å². The zero-order valence-electron chi connectivity index (χ0n) is 33.8. The van der Waals surface area contributed by atoms with Crippen molar-refractivity contribution in [3.05, 3.63) is 83.9 Å². The predicted octanol–water partition coefficient (Wildman–Crippen LogP) is 12.9. The van der Waals surface area contributed by atoms with Gasteiger partial charge in [-0.15, -0.1) is 0 Å². The summed E-state index contributed by atoms with van der Waals surface area (Å²) in [5.74, 6) is -52.8. The van der Waals surface area contributed by atoms with Gasteiger partial charge in [-0.2, -0.15) is 65.9 Å². The molecule has 0 fully saturated rings. The Hall–Kier alpha value is -5.18. The number of halogens is 15. The highest BCUT2D eigenvalue weighted by Gasteiger charge is 2.94. The van der Waals surface area contributed by atoms with Crippen molar-refractivity contribution in [1.29, 1.82) is 0 Å². The Morgan fingerprint density at radius 2 is 0.938 bits per heavy atom. The topological polar surface area (TPSA) is 88.1 Å². The van der Waals surface area contributed by atoms with Crippen LogP contribution in [-0.2, 0) is 14.3 Å². The Labute approximate surface area is 356 Å². The maximum Gasteiger partial charge on any atom is 0.460 e. The quantitative estimate of drug-likeness (QED) is 0.0382. The third kappa shape index (κ3) is 11.9. The average molecular weight is 943 g/mol. The minimum Gasteiger partial charge on any atom is -0.494 e. The molecule has 0 N–H and O–H groups in total. The molecule has 0 aliphatic carbocycles. The van der Waals surface area contributed by atoms with Crippen LogP contribution in [0.25, 0.3) is 11.1 Å². The van der Waals surface area contributed by atoms with Crippen molar-refractivity contribution in [2.24, 2.45) is 0 Å². The molecule has 7 nitrogen and oxygen atoms in total. The molecule has 0 saturated carbocycles. The Morgan fingerprint density at radius 3 is 1.47 bits per heavy atom. The Bertz CT molecular complexity index is 1990. The first-order valence-electron chi connectivity index (χ1n) is 19.4. The van der Waals surface area contributed by atoms with E-state index in [1.807, 2.05) is 6.92 Å². The zero-order chi connectivity index (χ0) is 48.4. The lowest BCUT2D eigenvalue weighted by Gasteiger charge is -2.40. The van der Waals surface area contributed by atoms with Crippen molar-refractivity contribution in [3.63, 3.8) is 0 Å². The first-order valence-corrected chi connectivity index (χ1v) is 19.4. The summed E-state index contributed by atoms with van der Waals surface area (Å²) in [5.41, 5.74) is 2.13. The first-order chi connectivity index (χ1) is 29.6. The Balaban J connectivity index is 1.41. The van der Waals surface area contributed by atoms with Crippen LogP contribution in [0.2, 0.25) is 0 Å². The molecule has 0 saturated heterocycles. The molecule has 0 bridgehead atoms. The van der Waals surface area contributed by atoms with Crippen molar-refractivity contribution >= 4 is 17.9 Å². The summed E-state index contributed by atoms with van der Waals surface area (Å²) in [6.45, 7) is 2.71. The van der Waals surface area contributed by atoms with E-state index in [4.69, 9.17) is 14.2 Å². The fourth-order valence-electron chi connectivity index (χ4n) is 5.63. The number of benzene rings is 3. The fourth-order valence-corrected chi connectivity index (χ4v) is 5.63. The summed E-state index contributed by atoms with van der Waals surface area (Å²) in [5, 5.41) is 0. The molecular weight excluding hydrogens is 901 g/mol. The van der Waals surface area contributed by atoms with Gasteiger partial charge in [-0.3, -0.25) is 0 Å². The summed E-state index contributed by atoms with van der Waals surface area (Å²) in [6, 6.07) is 19.0. The summed E-state index contributed by atoms with van der Waals surface area (Å²) < 4.78 is 220. The molecule has 3 aromatic rings. The van der Waals surface area contributed by atoms with E-state index in [-0.39, 0.29) is 49.0 Å². The first kappa shape index (κ1) is 53.2. The number of alkyl halides is 15. The van der Waals surface area contributed by atoms with E-state index in [2.05, 4.69) is 11.7 Å². The van der Waals surface area contributed by atoms with Gasteiger partial charge in [-0.25, -0.2) is 14.4 Å². The van der Waals surface area contributed by atoms with Gasteiger partial charge in [0.2, 0.25) is 0 Å². The SMILES string of the molecule is CCCCCC[C@H](C)OC(=O)c1ccc(-c2ccc(OC(=O)c3ccc(OCCCCCCOC(=O)C(F)(F)C(F)(F)C(F)(F)C(F)(F)C(F)(F)C(F)(F)C(F)(F)F)cc3)cc2)cc1. The van der Waals surface area contributed by atoms with E-state index >= 15 is 0 Å². The molecule has 3 aromatic carbocycles. The van der Waals surface area contributed by atoms with Gasteiger partial charge in [0.05, 0.1) is 30.4 Å². The monoisotopic (exact) mass is 942 g/mol. The molecule has 0 radical (unpaired) electrons. The van der Waals surface area contributed by atoms with E-state index in [1.165, 1.54) is 24.3 Å². The number of hydrogen-bond donors (Lipinski definition) is 0. The van der Waals surface area contributed by atoms with Crippen LogP contribution in [0, 0.1) is 0 Å². The van der Waals surface area contributed by atoms with Crippen LogP contribution in [0.5, 0.6) is 11.5 Å². The van der Waals surface area contributed by atoms with Gasteiger partial charge >= 0.3 is 59.6 Å². The van der Waals surface area contributed by atoms with Crippen molar-refractivity contribution in [1.82, 2.24) is 0 Å². The summed E-state index contributed by atoms with van der Waals surface area (Å²) in [4.78, 5) is 36.7. The van der Waals surface area contributed by atoms with Crippen LogP contribution >= 0.6 is 0 Å². The average Bonchev–Trinajstić information content (AvgIpc) is 3.23. The van der Waals surface area contributed by atoms with Gasteiger partial charge < -0.3 is 18.9 Å². The zero-order valence-corrected chi connectivity index (χ0v) is 33.8. The Kier molecular flexibility index (Phi) is 17.6. The van der Waals surface area contributed by atoms with Crippen LogP contribution < -0.4 is 9.47 Å². The van der Waals surface area contributed by atoms with Crippen molar-refractivity contribution in [3.8, 4) is 22.6 Å². The predicted molar refractivity (Wildman–Crippen MR) is 198 cm³/mol. The minimum atomic E-state index is -8.50. The molecular formula is C42H41F15O7. The minimum absolute atomic E-state index is 0.00720. The van der Waals surface area contributed by atoms with Gasteiger partial charge in [0.25, 0.3) is 0 Å². The Morgan fingerprint density at radius 1 is 0.500 bits per heavy atom. The molecule has 22 heteroatoms. The highest BCUT2D eigenvalue weighted by atomic mass is 19.4. The van der Waals surface area contributed by atoms with E-state index < -0.39 is 72.6 Å². The number of unbranched alkanes of at least 4 members (excludes halogenated alkanes) is 6. The van der Waals surface area contributed by atoms with Crippen LogP contribution in [-0.4, -0.2) is 78.9 Å². The van der Waals surface area contributed by atoms with Gasteiger partial charge in [0.1, 0.15) is 11.5 Å². The maximum absolute atomic E-state index is 13.9. The number of esters is 3.